The van der Waals surface area contributed by atoms with Gasteiger partial charge in [0.2, 0.25) is 0 Å². The molecule has 17 heavy (non-hydrogen) atoms. The maximum absolute atomic E-state index is 3.96. The highest BCUT2D eigenvalue weighted by molar-refractivity contribution is 4.90. The molecule has 1 fully saturated rings. The van der Waals surface area contributed by atoms with Crippen LogP contribution in [0.15, 0.2) is 12.4 Å². The van der Waals surface area contributed by atoms with Crippen molar-refractivity contribution >= 4 is 0 Å². The molecule has 1 aromatic heterocycles. The fourth-order valence-corrected chi connectivity index (χ4v) is 3.05. The molecule has 0 radical (unpaired) electrons. The molecule has 4 nitrogen and oxygen atoms in total. The molecule has 1 aliphatic rings. The number of nitrogens with one attached hydrogen (secondary N) is 1. The van der Waals surface area contributed by atoms with Gasteiger partial charge in [0.25, 0.3) is 0 Å². The van der Waals surface area contributed by atoms with E-state index in [1.165, 1.54) is 12.8 Å². The minimum Gasteiger partial charge on any atom is -0.314 e. The van der Waals surface area contributed by atoms with Crippen LogP contribution in [0.2, 0.25) is 0 Å². The number of aromatic nitrogens is 3. The van der Waals surface area contributed by atoms with Crippen LogP contribution in [0.4, 0.5) is 0 Å². The molecule has 1 heterocycles. The van der Waals surface area contributed by atoms with Crippen molar-refractivity contribution in [3.8, 4) is 0 Å². The molecule has 1 N–H and O–H groups in total. The van der Waals surface area contributed by atoms with Gasteiger partial charge in [0, 0.05) is 18.8 Å². The van der Waals surface area contributed by atoms with E-state index in [0.717, 1.165) is 25.4 Å². The Bertz CT molecular complexity index is 331. The van der Waals surface area contributed by atoms with Crippen molar-refractivity contribution in [2.45, 2.75) is 52.6 Å². The predicted octanol–water partition coefficient (Wildman–Crippen LogP) is 2.08. The summed E-state index contributed by atoms with van der Waals surface area (Å²) in [5.74, 6) is 0.802. The Hall–Kier alpha value is -0.900. The highest BCUT2D eigenvalue weighted by Gasteiger charge is 2.35. The summed E-state index contributed by atoms with van der Waals surface area (Å²) in [5.41, 5.74) is 0.517. The molecule has 2 rings (SSSR count). The number of aryl methyl sites for hydroxylation is 1. The third kappa shape index (κ3) is 3.53. The lowest BCUT2D eigenvalue weighted by Crippen LogP contribution is -2.32. The van der Waals surface area contributed by atoms with Gasteiger partial charge in [-0.15, -0.1) is 5.10 Å². The summed E-state index contributed by atoms with van der Waals surface area (Å²) in [6.45, 7) is 9.15. The van der Waals surface area contributed by atoms with E-state index in [1.807, 2.05) is 10.9 Å². The van der Waals surface area contributed by atoms with E-state index in [9.17, 15) is 0 Å². The number of hydrogen-bond donors (Lipinski definition) is 1. The van der Waals surface area contributed by atoms with Crippen LogP contribution in [0.25, 0.3) is 0 Å². The van der Waals surface area contributed by atoms with Crippen LogP contribution >= 0.6 is 0 Å². The van der Waals surface area contributed by atoms with Crippen LogP contribution in [0.3, 0.4) is 0 Å². The minimum atomic E-state index is 0.517. The molecule has 0 aliphatic heterocycles. The van der Waals surface area contributed by atoms with Gasteiger partial charge in [0.05, 0.1) is 6.20 Å². The third-order valence-corrected chi connectivity index (χ3v) is 3.78. The second-order valence-electron chi connectivity index (χ2n) is 6.13. The van der Waals surface area contributed by atoms with Gasteiger partial charge in [-0.1, -0.05) is 26.0 Å². The molecule has 0 unspecified atom stereocenters. The van der Waals surface area contributed by atoms with E-state index in [2.05, 4.69) is 36.4 Å². The third-order valence-electron chi connectivity index (χ3n) is 3.78. The summed E-state index contributed by atoms with van der Waals surface area (Å²) in [7, 11) is 0. The minimum absolute atomic E-state index is 0.517. The Kier molecular flexibility index (Phi) is 3.82. The largest absolute Gasteiger partial charge is 0.314 e. The van der Waals surface area contributed by atoms with Crippen LogP contribution in [-0.2, 0) is 6.54 Å². The second-order valence-corrected chi connectivity index (χ2v) is 6.13. The zero-order valence-electron chi connectivity index (χ0n) is 11.2. The summed E-state index contributed by atoms with van der Waals surface area (Å²) >= 11 is 0. The van der Waals surface area contributed by atoms with Crippen molar-refractivity contribution in [3.63, 3.8) is 0 Å². The molecule has 96 valence electrons. The first-order valence-electron chi connectivity index (χ1n) is 6.64. The summed E-state index contributed by atoms with van der Waals surface area (Å²) in [6, 6.07) is 0.695. The van der Waals surface area contributed by atoms with Crippen molar-refractivity contribution in [3.05, 3.63) is 12.4 Å². The van der Waals surface area contributed by atoms with Crippen LogP contribution in [0.5, 0.6) is 0 Å². The van der Waals surface area contributed by atoms with E-state index >= 15 is 0 Å². The van der Waals surface area contributed by atoms with Crippen LogP contribution in [0.1, 0.15) is 40.0 Å². The number of nitrogens with zero attached hydrogens (tertiary/aromatic N) is 3. The lowest BCUT2D eigenvalue weighted by atomic mass is 9.91. The Labute approximate surface area is 104 Å². The van der Waals surface area contributed by atoms with Gasteiger partial charge >= 0.3 is 0 Å². The molecule has 1 aliphatic carbocycles. The molecule has 4 heteroatoms. The maximum atomic E-state index is 3.96. The molecule has 1 saturated carbocycles. The highest BCUT2D eigenvalue weighted by Crippen LogP contribution is 2.40. The van der Waals surface area contributed by atoms with Crippen LogP contribution < -0.4 is 5.32 Å². The fourth-order valence-electron chi connectivity index (χ4n) is 3.05. The molecule has 0 amide bonds. The Balaban J connectivity index is 1.66. The Morgan fingerprint density at radius 2 is 2.24 bits per heavy atom. The molecule has 1 aromatic rings. The normalized spacial score (nSPS) is 27.5. The van der Waals surface area contributed by atoms with Gasteiger partial charge in [0.1, 0.15) is 0 Å². The first-order valence-corrected chi connectivity index (χ1v) is 6.64. The molecular formula is C13H24N4. The van der Waals surface area contributed by atoms with Gasteiger partial charge < -0.3 is 5.32 Å². The van der Waals surface area contributed by atoms with E-state index in [-0.39, 0.29) is 0 Å². The van der Waals surface area contributed by atoms with Crippen molar-refractivity contribution in [1.82, 2.24) is 20.3 Å². The molecule has 0 spiro atoms. The maximum Gasteiger partial charge on any atom is 0.0692 e. The average molecular weight is 236 g/mol. The van der Waals surface area contributed by atoms with E-state index in [0.29, 0.717) is 11.5 Å². The van der Waals surface area contributed by atoms with Gasteiger partial charge in [0.15, 0.2) is 0 Å². The van der Waals surface area contributed by atoms with Crippen molar-refractivity contribution < 1.29 is 0 Å². The van der Waals surface area contributed by atoms with E-state index in [1.54, 1.807) is 6.20 Å². The quantitative estimate of drug-likeness (QED) is 0.796. The van der Waals surface area contributed by atoms with Gasteiger partial charge in [-0.05, 0) is 37.1 Å². The van der Waals surface area contributed by atoms with Crippen molar-refractivity contribution in [2.24, 2.45) is 11.3 Å². The van der Waals surface area contributed by atoms with Crippen LogP contribution in [-0.4, -0.2) is 27.6 Å². The lowest BCUT2D eigenvalue weighted by Gasteiger charge is -2.18. The summed E-state index contributed by atoms with van der Waals surface area (Å²) in [4.78, 5) is 0. The van der Waals surface area contributed by atoms with E-state index in [4.69, 9.17) is 0 Å². The topological polar surface area (TPSA) is 42.7 Å². The van der Waals surface area contributed by atoms with Gasteiger partial charge in [-0.3, -0.25) is 4.68 Å². The predicted molar refractivity (Wildman–Crippen MR) is 68.6 cm³/mol. The second kappa shape index (κ2) is 5.17. The summed E-state index contributed by atoms with van der Waals surface area (Å²) < 4.78 is 1.89. The van der Waals surface area contributed by atoms with Crippen molar-refractivity contribution in [2.75, 3.05) is 6.54 Å². The SMILES string of the molecule is C[C@@H]1CC(C)(C)C[C@H]1NCCCn1ccnn1. The zero-order chi connectivity index (χ0) is 12.3. The molecule has 2 atom stereocenters. The Morgan fingerprint density at radius 3 is 2.82 bits per heavy atom. The monoisotopic (exact) mass is 236 g/mol. The summed E-state index contributed by atoms with van der Waals surface area (Å²) in [6.07, 6.45) is 7.41. The highest BCUT2D eigenvalue weighted by atomic mass is 15.4. The standard InChI is InChI=1S/C13H24N4/c1-11-9-13(2,3)10-12(11)14-5-4-7-17-8-6-15-16-17/h6,8,11-12,14H,4-5,7,9-10H2,1-3H3/t11-,12-/m1/s1. The van der Waals surface area contributed by atoms with Gasteiger partial charge in [-0.25, -0.2) is 0 Å². The fraction of sp³-hybridized carbons (Fsp3) is 0.846. The van der Waals surface area contributed by atoms with Crippen LogP contribution in [0, 0.1) is 11.3 Å². The number of hydrogen-bond acceptors (Lipinski definition) is 3. The lowest BCUT2D eigenvalue weighted by molar-refractivity contribution is 0.361. The summed E-state index contributed by atoms with van der Waals surface area (Å²) in [5, 5.41) is 11.5. The molecular weight excluding hydrogens is 212 g/mol. The smallest absolute Gasteiger partial charge is 0.0692 e. The first kappa shape index (κ1) is 12.6. The average Bonchev–Trinajstić information content (AvgIpc) is 2.81. The zero-order valence-corrected chi connectivity index (χ0v) is 11.2. The first-order chi connectivity index (χ1) is 8.07. The molecule has 0 bridgehead atoms. The van der Waals surface area contributed by atoms with E-state index < -0.39 is 0 Å². The van der Waals surface area contributed by atoms with Gasteiger partial charge in [-0.2, -0.15) is 0 Å². The Morgan fingerprint density at radius 1 is 1.41 bits per heavy atom. The number of rotatable bonds is 5. The molecule has 0 saturated heterocycles. The van der Waals surface area contributed by atoms with Crippen molar-refractivity contribution in [1.29, 1.82) is 0 Å². The molecule has 0 aromatic carbocycles.